The third-order valence-electron chi connectivity index (χ3n) is 2.22. The Labute approximate surface area is 112 Å². The molecule has 0 spiro atoms. The molecular formula is C11H18N4O2S. The molecule has 6 nitrogen and oxygen atoms in total. The molecule has 0 aliphatic heterocycles. The Morgan fingerprint density at radius 1 is 1.33 bits per heavy atom. The van der Waals surface area contributed by atoms with Gasteiger partial charge in [-0.2, -0.15) is 4.68 Å². The minimum atomic E-state index is -0.351. The zero-order valence-corrected chi connectivity index (χ0v) is 12.2. The van der Waals surface area contributed by atoms with Gasteiger partial charge in [0.1, 0.15) is 5.82 Å². The Bertz CT molecular complexity index is 474. The quantitative estimate of drug-likeness (QED) is 0.817. The number of thiol groups is 1. The second-order valence-corrected chi connectivity index (χ2v) is 5.76. The molecule has 7 heteroatoms. The fourth-order valence-electron chi connectivity index (χ4n) is 1.25. The summed E-state index contributed by atoms with van der Waals surface area (Å²) in [7, 11) is 3.24. The number of hydrogen-bond acceptors (Lipinski definition) is 4. The molecule has 0 N–H and O–H groups in total. The highest BCUT2D eigenvalue weighted by Crippen LogP contribution is 2.19. The third-order valence-corrected chi connectivity index (χ3v) is 2.38. The van der Waals surface area contributed by atoms with Gasteiger partial charge in [0.25, 0.3) is 0 Å². The van der Waals surface area contributed by atoms with Crippen molar-refractivity contribution in [3.8, 4) is 0 Å². The van der Waals surface area contributed by atoms with Gasteiger partial charge in [0.15, 0.2) is 10.9 Å². The van der Waals surface area contributed by atoms with Gasteiger partial charge in [-0.3, -0.25) is 4.79 Å². The van der Waals surface area contributed by atoms with E-state index in [1.165, 1.54) is 4.90 Å². The van der Waals surface area contributed by atoms with E-state index in [0.29, 0.717) is 11.6 Å². The first-order chi connectivity index (χ1) is 8.12. The van der Waals surface area contributed by atoms with Crippen LogP contribution >= 0.6 is 12.6 Å². The predicted molar refractivity (Wildman–Crippen MR) is 70.9 cm³/mol. The molecule has 100 valence electrons. The van der Waals surface area contributed by atoms with E-state index >= 15 is 0 Å². The molecule has 0 unspecified atom stereocenters. The van der Waals surface area contributed by atoms with Crippen LogP contribution in [0.5, 0.6) is 0 Å². The maximum atomic E-state index is 11.9. The molecular weight excluding hydrogens is 252 g/mol. The van der Waals surface area contributed by atoms with Crippen molar-refractivity contribution in [2.24, 2.45) is 0 Å². The van der Waals surface area contributed by atoms with E-state index < -0.39 is 0 Å². The van der Waals surface area contributed by atoms with Crippen LogP contribution < -0.4 is 0 Å². The summed E-state index contributed by atoms with van der Waals surface area (Å²) in [5.41, 5.74) is -0.285. The standard InChI is InChI=1S/C11H18N4O2S/c1-11(2,3)9-12-7(6-8(16)18)15(13-9)10(17)14(4)5/h6H2,1-5H3,(H,16,18). The summed E-state index contributed by atoms with van der Waals surface area (Å²) in [5, 5.41) is 3.83. The molecule has 1 rings (SSSR count). The van der Waals surface area contributed by atoms with Crippen LogP contribution in [-0.2, 0) is 16.6 Å². The van der Waals surface area contributed by atoms with Gasteiger partial charge in [0.05, 0.1) is 6.42 Å². The number of nitrogens with zero attached hydrogens (tertiary/aromatic N) is 4. The van der Waals surface area contributed by atoms with Gasteiger partial charge in [0.2, 0.25) is 0 Å². The van der Waals surface area contributed by atoms with Crippen LogP contribution in [0.3, 0.4) is 0 Å². The van der Waals surface area contributed by atoms with Gasteiger partial charge >= 0.3 is 6.03 Å². The smallest absolute Gasteiger partial charge is 0.329 e. The molecule has 18 heavy (non-hydrogen) atoms. The maximum Gasteiger partial charge on any atom is 0.345 e. The molecule has 0 radical (unpaired) electrons. The molecule has 0 aliphatic rings. The van der Waals surface area contributed by atoms with Crippen molar-refractivity contribution >= 4 is 23.8 Å². The Morgan fingerprint density at radius 2 is 1.89 bits per heavy atom. The first-order valence-corrected chi connectivity index (χ1v) is 5.97. The minimum absolute atomic E-state index is 0.0221. The molecule has 0 saturated heterocycles. The third kappa shape index (κ3) is 3.32. The van der Waals surface area contributed by atoms with Crippen LogP contribution in [0.1, 0.15) is 32.4 Å². The topological polar surface area (TPSA) is 68.1 Å². The fraction of sp³-hybridized carbons (Fsp3) is 0.636. The van der Waals surface area contributed by atoms with Gasteiger partial charge in [-0.25, -0.2) is 9.78 Å². The monoisotopic (exact) mass is 270 g/mol. The van der Waals surface area contributed by atoms with Gasteiger partial charge in [-0.05, 0) is 0 Å². The lowest BCUT2D eigenvalue weighted by Crippen LogP contribution is -2.30. The molecule has 0 aliphatic carbocycles. The summed E-state index contributed by atoms with van der Waals surface area (Å²) >= 11 is 3.71. The van der Waals surface area contributed by atoms with Crippen LogP contribution in [0.4, 0.5) is 4.79 Å². The Kier molecular flexibility index (Phi) is 4.16. The fourth-order valence-corrected chi connectivity index (χ4v) is 1.40. The molecule has 0 aromatic carbocycles. The van der Waals surface area contributed by atoms with Gasteiger partial charge in [-0.1, -0.05) is 20.8 Å². The van der Waals surface area contributed by atoms with E-state index in [2.05, 4.69) is 22.7 Å². The van der Waals surface area contributed by atoms with Crippen molar-refractivity contribution in [1.29, 1.82) is 0 Å². The van der Waals surface area contributed by atoms with Gasteiger partial charge in [0, 0.05) is 19.5 Å². The second kappa shape index (κ2) is 5.09. The molecule has 0 atom stereocenters. The van der Waals surface area contributed by atoms with Crippen molar-refractivity contribution < 1.29 is 9.59 Å². The van der Waals surface area contributed by atoms with Gasteiger partial charge in [-0.15, -0.1) is 17.7 Å². The Morgan fingerprint density at radius 3 is 2.28 bits per heavy atom. The van der Waals surface area contributed by atoms with Crippen molar-refractivity contribution in [3.63, 3.8) is 0 Å². The maximum absolute atomic E-state index is 11.9. The molecule has 0 bridgehead atoms. The second-order valence-electron chi connectivity index (χ2n) is 5.26. The normalized spacial score (nSPS) is 11.4. The predicted octanol–water partition coefficient (Wildman–Crippen LogP) is 1.10. The van der Waals surface area contributed by atoms with Crippen molar-refractivity contribution in [2.75, 3.05) is 14.1 Å². The van der Waals surface area contributed by atoms with E-state index in [-0.39, 0.29) is 23.0 Å². The van der Waals surface area contributed by atoms with Crippen LogP contribution in [0, 0.1) is 0 Å². The zero-order valence-electron chi connectivity index (χ0n) is 11.3. The molecule has 1 aromatic rings. The number of rotatable bonds is 2. The SMILES string of the molecule is CN(C)C(=O)n1nc(C(C)(C)C)nc1CC(=O)S. The molecule has 0 fully saturated rings. The van der Waals surface area contributed by atoms with Crippen LogP contribution in [0.25, 0.3) is 0 Å². The number of carbonyl (C=O) groups excluding carboxylic acids is 2. The summed E-state index contributed by atoms with van der Waals surface area (Å²) < 4.78 is 1.16. The van der Waals surface area contributed by atoms with E-state index in [9.17, 15) is 9.59 Å². The highest BCUT2D eigenvalue weighted by atomic mass is 32.1. The first-order valence-electron chi connectivity index (χ1n) is 5.53. The number of amides is 1. The van der Waals surface area contributed by atoms with Crippen LogP contribution in [0.15, 0.2) is 0 Å². The zero-order chi connectivity index (χ0) is 14.1. The van der Waals surface area contributed by atoms with Crippen LogP contribution in [-0.4, -0.2) is 44.9 Å². The van der Waals surface area contributed by atoms with E-state index in [1.807, 2.05) is 20.8 Å². The van der Waals surface area contributed by atoms with E-state index in [0.717, 1.165) is 4.68 Å². The lowest BCUT2D eigenvalue weighted by Gasteiger charge is -2.13. The minimum Gasteiger partial charge on any atom is -0.329 e. The largest absolute Gasteiger partial charge is 0.345 e. The van der Waals surface area contributed by atoms with E-state index in [1.54, 1.807) is 14.1 Å². The summed E-state index contributed by atoms with van der Waals surface area (Å²) in [6, 6.07) is -0.331. The highest BCUT2D eigenvalue weighted by molar-refractivity contribution is 7.96. The van der Waals surface area contributed by atoms with Crippen molar-refractivity contribution in [2.45, 2.75) is 32.6 Å². The van der Waals surface area contributed by atoms with E-state index in [4.69, 9.17) is 0 Å². The summed E-state index contributed by atoms with van der Waals surface area (Å²) in [5.74, 6) is 0.848. The molecule has 1 amide bonds. The Balaban J connectivity index is 3.25. The first kappa shape index (κ1) is 14.7. The van der Waals surface area contributed by atoms with Crippen molar-refractivity contribution in [1.82, 2.24) is 19.7 Å². The van der Waals surface area contributed by atoms with Gasteiger partial charge < -0.3 is 4.90 Å². The Hall–Kier alpha value is -1.37. The summed E-state index contributed by atoms with van der Waals surface area (Å²) in [6.07, 6.45) is -0.0221. The number of carbonyl (C=O) groups is 2. The van der Waals surface area contributed by atoms with Crippen molar-refractivity contribution in [3.05, 3.63) is 11.6 Å². The average molecular weight is 270 g/mol. The summed E-state index contributed by atoms with van der Waals surface area (Å²) in [4.78, 5) is 28.7. The number of hydrogen-bond donors (Lipinski definition) is 1. The number of aromatic nitrogens is 3. The average Bonchev–Trinajstić information content (AvgIpc) is 2.58. The molecule has 0 saturated carbocycles. The lowest BCUT2D eigenvalue weighted by molar-refractivity contribution is -0.110. The molecule has 1 aromatic heterocycles. The highest BCUT2D eigenvalue weighted by Gasteiger charge is 2.25. The molecule has 1 heterocycles. The lowest BCUT2D eigenvalue weighted by atomic mass is 9.96. The van der Waals surface area contributed by atoms with Crippen LogP contribution in [0.2, 0.25) is 0 Å². The summed E-state index contributed by atoms with van der Waals surface area (Å²) in [6.45, 7) is 5.83.